The Kier molecular flexibility index (Phi) is 2.54. The van der Waals surface area contributed by atoms with Gasteiger partial charge >= 0.3 is 0 Å². The van der Waals surface area contributed by atoms with Gasteiger partial charge in [-0.2, -0.15) is 5.26 Å². The molecule has 0 fully saturated rings. The van der Waals surface area contributed by atoms with Crippen molar-refractivity contribution in [3.63, 3.8) is 0 Å². The average molecular weight is 233 g/mol. The molecule has 0 saturated carbocycles. The van der Waals surface area contributed by atoms with Crippen LogP contribution >= 0.6 is 0 Å². The minimum absolute atomic E-state index is 0.385. The summed E-state index contributed by atoms with van der Waals surface area (Å²) in [5.74, 6) is 0. The maximum absolute atomic E-state index is 8.98. The van der Waals surface area contributed by atoms with E-state index >= 15 is 0 Å². The van der Waals surface area contributed by atoms with Gasteiger partial charge in [0, 0.05) is 22.7 Å². The molecule has 0 aliphatic carbocycles. The number of pyridine rings is 1. The zero-order valence-corrected chi connectivity index (χ0v) is 9.72. The number of hydrogen-bond donors (Lipinski definition) is 1. The second-order valence-corrected chi connectivity index (χ2v) is 4.07. The zero-order chi connectivity index (χ0) is 12.4. The number of aromatic nitrogens is 2. The SMILES string of the molecule is N#CCc1c(-c2ccccn2)[nH]c2ccccc12. The molecule has 0 spiro atoms. The molecule has 1 N–H and O–H groups in total. The van der Waals surface area contributed by atoms with Crippen molar-refractivity contribution in [2.24, 2.45) is 0 Å². The van der Waals surface area contributed by atoms with Crippen molar-refractivity contribution >= 4 is 10.9 Å². The van der Waals surface area contributed by atoms with Crippen LogP contribution in [0.25, 0.3) is 22.3 Å². The van der Waals surface area contributed by atoms with E-state index in [1.165, 1.54) is 0 Å². The molecular weight excluding hydrogens is 222 g/mol. The molecule has 3 rings (SSSR count). The Labute approximate surface area is 105 Å². The Morgan fingerprint density at radius 1 is 1.11 bits per heavy atom. The lowest BCUT2D eigenvalue weighted by Gasteiger charge is -1.99. The van der Waals surface area contributed by atoms with Crippen molar-refractivity contribution in [3.8, 4) is 17.5 Å². The van der Waals surface area contributed by atoms with Crippen molar-refractivity contribution < 1.29 is 0 Å². The number of nitrogens with one attached hydrogen (secondary N) is 1. The Morgan fingerprint density at radius 2 is 1.94 bits per heavy atom. The highest BCUT2D eigenvalue weighted by Crippen LogP contribution is 2.29. The summed E-state index contributed by atoms with van der Waals surface area (Å²) in [6.07, 6.45) is 2.15. The van der Waals surface area contributed by atoms with Crippen LogP contribution in [0.3, 0.4) is 0 Å². The lowest BCUT2D eigenvalue weighted by Crippen LogP contribution is -1.88. The highest BCUT2D eigenvalue weighted by atomic mass is 14.8. The van der Waals surface area contributed by atoms with Crippen LogP contribution in [0.1, 0.15) is 5.56 Å². The van der Waals surface area contributed by atoms with Gasteiger partial charge in [0.2, 0.25) is 0 Å². The van der Waals surface area contributed by atoms with Crippen LogP contribution < -0.4 is 0 Å². The summed E-state index contributed by atoms with van der Waals surface area (Å²) < 4.78 is 0. The molecule has 1 aromatic carbocycles. The van der Waals surface area contributed by atoms with E-state index in [0.717, 1.165) is 27.9 Å². The van der Waals surface area contributed by atoms with E-state index in [0.29, 0.717) is 6.42 Å². The van der Waals surface area contributed by atoms with E-state index in [1.54, 1.807) is 6.20 Å². The summed E-state index contributed by atoms with van der Waals surface area (Å²) in [6.45, 7) is 0. The maximum Gasteiger partial charge on any atom is 0.0867 e. The van der Waals surface area contributed by atoms with Crippen LogP contribution in [-0.4, -0.2) is 9.97 Å². The molecule has 0 amide bonds. The molecule has 0 bridgehead atoms. The highest BCUT2D eigenvalue weighted by Gasteiger charge is 2.12. The van der Waals surface area contributed by atoms with Crippen LogP contribution in [0.15, 0.2) is 48.7 Å². The molecule has 0 atom stereocenters. The van der Waals surface area contributed by atoms with Gasteiger partial charge in [-0.15, -0.1) is 0 Å². The maximum atomic E-state index is 8.98. The fourth-order valence-electron chi connectivity index (χ4n) is 2.19. The van der Waals surface area contributed by atoms with Crippen LogP contribution in [-0.2, 0) is 6.42 Å². The third-order valence-electron chi connectivity index (χ3n) is 2.99. The number of H-pyrrole nitrogens is 1. The largest absolute Gasteiger partial charge is 0.353 e. The summed E-state index contributed by atoms with van der Waals surface area (Å²) >= 11 is 0. The second-order valence-electron chi connectivity index (χ2n) is 4.07. The first kappa shape index (κ1) is 10.5. The number of hydrogen-bond acceptors (Lipinski definition) is 2. The van der Waals surface area contributed by atoms with Crippen LogP contribution in [0.4, 0.5) is 0 Å². The highest BCUT2D eigenvalue weighted by molar-refractivity contribution is 5.90. The second kappa shape index (κ2) is 4.34. The zero-order valence-electron chi connectivity index (χ0n) is 9.72. The summed E-state index contributed by atoms with van der Waals surface area (Å²) in [4.78, 5) is 7.70. The van der Waals surface area contributed by atoms with E-state index in [9.17, 15) is 0 Å². The van der Waals surface area contributed by atoms with E-state index in [-0.39, 0.29) is 0 Å². The predicted molar refractivity (Wildman–Crippen MR) is 70.8 cm³/mol. The lowest BCUT2D eigenvalue weighted by atomic mass is 10.1. The number of benzene rings is 1. The van der Waals surface area contributed by atoms with Gasteiger partial charge in [-0.3, -0.25) is 4.98 Å². The van der Waals surface area contributed by atoms with E-state index in [4.69, 9.17) is 5.26 Å². The van der Waals surface area contributed by atoms with Crippen molar-refractivity contribution in [3.05, 3.63) is 54.2 Å². The average Bonchev–Trinajstić information content (AvgIpc) is 2.80. The first-order chi connectivity index (χ1) is 8.90. The molecule has 0 aliphatic rings. The first-order valence-corrected chi connectivity index (χ1v) is 5.78. The van der Waals surface area contributed by atoms with Crippen LogP contribution in [0.5, 0.6) is 0 Å². The quantitative estimate of drug-likeness (QED) is 0.738. The molecule has 3 aromatic rings. The first-order valence-electron chi connectivity index (χ1n) is 5.78. The van der Waals surface area contributed by atoms with E-state index in [1.807, 2.05) is 42.5 Å². The lowest BCUT2D eigenvalue weighted by molar-refractivity contribution is 1.23. The molecule has 3 nitrogen and oxygen atoms in total. The number of aromatic amines is 1. The smallest absolute Gasteiger partial charge is 0.0867 e. The fourth-order valence-corrected chi connectivity index (χ4v) is 2.19. The summed E-state index contributed by atoms with van der Waals surface area (Å²) in [5, 5.41) is 10.1. The molecule has 86 valence electrons. The van der Waals surface area contributed by atoms with Gasteiger partial charge in [0.05, 0.1) is 23.9 Å². The molecule has 0 unspecified atom stereocenters. The van der Waals surface area contributed by atoms with E-state index in [2.05, 4.69) is 16.0 Å². The number of fused-ring (bicyclic) bond motifs is 1. The van der Waals surface area contributed by atoms with Crippen LogP contribution in [0.2, 0.25) is 0 Å². The monoisotopic (exact) mass is 233 g/mol. The van der Waals surface area contributed by atoms with Gasteiger partial charge in [-0.1, -0.05) is 24.3 Å². The molecule has 0 radical (unpaired) electrons. The Hall–Kier alpha value is -2.60. The summed E-state index contributed by atoms with van der Waals surface area (Å²) in [5.41, 5.74) is 3.88. The van der Waals surface area contributed by atoms with Crippen molar-refractivity contribution in [1.29, 1.82) is 5.26 Å². The Balaban J connectivity index is 2.29. The molecule has 0 aliphatic heterocycles. The molecule has 18 heavy (non-hydrogen) atoms. The third kappa shape index (κ3) is 1.64. The minimum Gasteiger partial charge on any atom is -0.353 e. The number of nitriles is 1. The molecule has 0 saturated heterocycles. The van der Waals surface area contributed by atoms with Gasteiger partial charge in [-0.25, -0.2) is 0 Å². The summed E-state index contributed by atoms with van der Waals surface area (Å²) in [6, 6.07) is 16.0. The molecular formula is C15H11N3. The van der Waals surface area contributed by atoms with Gasteiger partial charge in [0.25, 0.3) is 0 Å². The Bertz CT molecular complexity index is 720. The fraction of sp³-hybridized carbons (Fsp3) is 0.0667. The standard InChI is InChI=1S/C15H11N3/c16-9-8-12-11-5-1-2-6-13(11)18-15(12)14-7-3-4-10-17-14/h1-7,10,18H,8H2. The van der Waals surface area contributed by atoms with Gasteiger partial charge in [-0.05, 0) is 18.2 Å². The number of nitrogens with zero attached hydrogens (tertiary/aromatic N) is 2. The van der Waals surface area contributed by atoms with Gasteiger partial charge < -0.3 is 4.98 Å². The molecule has 2 aromatic heterocycles. The topological polar surface area (TPSA) is 52.5 Å². The van der Waals surface area contributed by atoms with E-state index < -0.39 is 0 Å². The van der Waals surface area contributed by atoms with Crippen molar-refractivity contribution in [1.82, 2.24) is 9.97 Å². The molecule has 2 heterocycles. The number of para-hydroxylation sites is 1. The minimum atomic E-state index is 0.385. The number of rotatable bonds is 2. The predicted octanol–water partition coefficient (Wildman–Crippen LogP) is 3.30. The molecule has 3 heteroatoms. The Morgan fingerprint density at radius 3 is 2.72 bits per heavy atom. The summed E-state index contributed by atoms with van der Waals surface area (Å²) in [7, 11) is 0. The van der Waals surface area contributed by atoms with Crippen molar-refractivity contribution in [2.45, 2.75) is 6.42 Å². The van der Waals surface area contributed by atoms with Crippen LogP contribution in [0, 0.1) is 11.3 Å². The normalized spacial score (nSPS) is 10.4. The van der Waals surface area contributed by atoms with Gasteiger partial charge in [0.15, 0.2) is 0 Å². The van der Waals surface area contributed by atoms with Crippen molar-refractivity contribution in [2.75, 3.05) is 0 Å². The van der Waals surface area contributed by atoms with Gasteiger partial charge in [0.1, 0.15) is 0 Å². The third-order valence-corrected chi connectivity index (χ3v) is 2.99.